The Bertz CT molecular complexity index is 1560. The average molecular weight is 781 g/mol. The molecule has 11 nitrogen and oxygen atoms in total. The number of allylic oxidation sites excluding steroid dienone is 1. The molecular weight excluding hydrogens is 730 g/mol. The fraction of sp³-hybridized carbons (Fsp3) is 0.500. The van der Waals surface area contributed by atoms with E-state index < -0.39 is 47.7 Å². The number of carbonyl (C=O) groups excluding carboxylic acids is 4. The molecule has 0 aliphatic carbocycles. The smallest absolute Gasteiger partial charge is 0.313 e. The lowest BCUT2D eigenvalue weighted by atomic mass is 9.70. The van der Waals surface area contributed by atoms with Gasteiger partial charge in [-0.1, -0.05) is 88.7 Å². The van der Waals surface area contributed by atoms with Crippen LogP contribution in [0.4, 0.5) is 0 Å². The van der Waals surface area contributed by atoms with Crippen molar-refractivity contribution >= 4 is 39.6 Å². The Kier molecular flexibility index (Phi) is 13.8. The highest BCUT2D eigenvalue weighted by Crippen LogP contribution is 2.60. The Hall–Kier alpha value is -3.84. The highest BCUT2D eigenvalue weighted by Gasteiger charge is 2.77. The van der Waals surface area contributed by atoms with E-state index >= 15 is 0 Å². The molecule has 3 heterocycles. The van der Waals surface area contributed by atoms with Gasteiger partial charge in [0, 0.05) is 44.6 Å². The number of aliphatic hydroxyl groups is 1. The number of methoxy groups -OCH3 is 1. The molecule has 0 radical (unpaired) electrons. The van der Waals surface area contributed by atoms with Crippen molar-refractivity contribution in [1.82, 2.24) is 15.1 Å². The van der Waals surface area contributed by atoms with Crippen molar-refractivity contribution in [3.63, 3.8) is 0 Å². The number of nitrogens with one attached hydrogen (secondary N) is 1. The van der Waals surface area contributed by atoms with Gasteiger partial charge in [0.05, 0.1) is 30.6 Å². The number of amides is 3. The summed E-state index contributed by atoms with van der Waals surface area (Å²) in [5.74, 6) is -3.48. The van der Waals surface area contributed by atoms with E-state index in [0.717, 1.165) is 5.56 Å². The summed E-state index contributed by atoms with van der Waals surface area (Å²) in [4.78, 5) is 59.8. The van der Waals surface area contributed by atoms with Crippen molar-refractivity contribution in [2.45, 2.75) is 79.8 Å². The van der Waals surface area contributed by atoms with Gasteiger partial charge in [0.25, 0.3) is 0 Å². The second-order valence-corrected chi connectivity index (χ2v) is 14.9. The van der Waals surface area contributed by atoms with Gasteiger partial charge in [-0.15, -0.1) is 13.2 Å². The lowest BCUT2D eigenvalue weighted by molar-refractivity contribution is -0.163. The van der Waals surface area contributed by atoms with Crippen LogP contribution in [0.2, 0.25) is 0 Å². The maximum absolute atomic E-state index is 14.8. The van der Waals surface area contributed by atoms with Crippen LogP contribution in [0.3, 0.4) is 0 Å². The number of benzene rings is 2. The number of aliphatic hydroxyl groups excluding tert-OH is 1. The molecule has 2 bridgehead atoms. The quantitative estimate of drug-likeness (QED) is 0.0870. The standard InChI is InChI=1S/C40H50BrN3O8/c1-4-6-20-31(46)42-30(26-50-3)34(28-18-12-8-13-19-28)51-39(49)32-33-37(47)44(22-14-9-15-23-45)36(40(33)24-29(41)35(32)52-40)38(48)43(21-5-2)25-27-16-10-7-11-17-27/h4-5,7-8,10-13,16-19,29-30,32-36,45H,1-2,6,9,14-15,20-26H2,3H3,(H,42,46)/t29?,30-,32+,33-,34-,35+,36+,40-/m1/s1. The maximum atomic E-state index is 14.8. The normalized spacial score (nSPS) is 25.6. The molecule has 3 aliphatic rings. The van der Waals surface area contributed by atoms with Crippen LogP contribution in [0.15, 0.2) is 86.0 Å². The SMILES string of the molecule is C=CCCC(=O)N[C@H](COC)[C@H](OC(=O)[C@@H]1[C@H]2O[C@@]3(CC2Br)[C@H](C(=O)N(CC=C)Cc2ccccc2)N(CCCCCO)C(=O)[C@@H]13)c1ccccc1. The number of alkyl halides is 1. The molecule has 3 amide bonds. The molecule has 8 atom stereocenters. The van der Waals surface area contributed by atoms with Crippen molar-refractivity contribution in [2.75, 3.05) is 33.4 Å². The van der Waals surface area contributed by atoms with Crippen LogP contribution >= 0.6 is 15.9 Å². The maximum Gasteiger partial charge on any atom is 0.313 e. The Labute approximate surface area is 314 Å². The van der Waals surface area contributed by atoms with Gasteiger partial charge in [-0.2, -0.15) is 0 Å². The Morgan fingerprint density at radius 1 is 1.10 bits per heavy atom. The molecular formula is C40H50BrN3O8. The van der Waals surface area contributed by atoms with Gasteiger partial charge in [-0.05, 0) is 43.2 Å². The first-order valence-electron chi connectivity index (χ1n) is 18.0. The number of fused-ring (bicyclic) bond motifs is 1. The molecule has 0 saturated carbocycles. The monoisotopic (exact) mass is 779 g/mol. The van der Waals surface area contributed by atoms with E-state index in [2.05, 4.69) is 34.4 Å². The van der Waals surface area contributed by atoms with Crippen molar-refractivity contribution in [3.8, 4) is 0 Å². The van der Waals surface area contributed by atoms with Gasteiger partial charge in [0.15, 0.2) is 0 Å². The number of hydrogen-bond donors (Lipinski definition) is 2. The third kappa shape index (κ3) is 8.35. The van der Waals surface area contributed by atoms with Gasteiger partial charge >= 0.3 is 5.97 Å². The highest BCUT2D eigenvalue weighted by atomic mass is 79.9. The first kappa shape index (κ1) is 39.4. The van der Waals surface area contributed by atoms with Crippen LogP contribution in [-0.4, -0.2) is 101 Å². The zero-order valence-electron chi connectivity index (χ0n) is 29.7. The largest absolute Gasteiger partial charge is 0.455 e. The number of unbranched alkanes of at least 4 members (excludes halogenated alkanes) is 2. The number of halogens is 1. The van der Waals surface area contributed by atoms with Crippen LogP contribution in [0.5, 0.6) is 0 Å². The van der Waals surface area contributed by atoms with Gasteiger partial charge in [0.2, 0.25) is 17.7 Å². The van der Waals surface area contributed by atoms with Crippen molar-refractivity contribution in [2.24, 2.45) is 11.8 Å². The minimum atomic E-state index is -1.28. The first-order chi connectivity index (χ1) is 25.2. The minimum Gasteiger partial charge on any atom is -0.455 e. The van der Waals surface area contributed by atoms with E-state index in [1.807, 2.05) is 60.7 Å². The lowest BCUT2D eigenvalue weighted by Crippen LogP contribution is -2.56. The summed E-state index contributed by atoms with van der Waals surface area (Å²) in [6.45, 7) is 8.49. The summed E-state index contributed by atoms with van der Waals surface area (Å²) in [6, 6.07) is 17.0. The van der Waals surface area contributed by atoms with Gasteiger partial charge in [0.1, 0.15) is 17.7 Å². The number of hydrogen-bond acceptors (Lipinski definition) is 8. The molecule has 2 aromatic carbocycles. The fourth-order valence-electron chi connectivity index (χ4n) is 7.98. The number of rotatable bonds is 20. The summed E-state index contributed by atoms with van der Waals surface area (Å²) >= 11 is 3.75. The van der Waals surface area contributed by atoms with E-state index in [9.17, 15) is 24.3 Å². The average Bonchev–Trinajstić information content (AvgIpc) is 3.74. The zero-order chi connectivity index (χ0) is 37.3. The van der Waals surface area contributed by atoms with E-state index in [0.29, 0.717) is 44.2 Å². The predicted molar refractivity (Wildman–Crippen MR) is 199 cm³/mol. The molecule has 2 N–H and O–H groups in total. The van der Waals surface area contributed by atoms with E-state index in [4.69, 9.17) is 14.2 Å². The van der Waals surface area contributed by atoms with Crippen LogP contribution in [0.25, 0.3) is 0 Å². The Balaban J connectivity index is 1.49. The van der Waals surface area contributed by atoms with Crippen molar-refractivity contribution < 1.29 is 38.5 Å². The molecule has 52 heavy (non-hydrogen) atoms. The summed E-state index contributed by atoms with van der Waals surface area (Å²) in [5.41, 5.74) is 0.293. The summed E-state index contributed by atoms with van der Waals surface area (Å²) < 4.78 is 18.6. The number of likely N-dealkylation sites (tertiary alicyclic amines) is 1. The molecule has 1 spiro atoms. The van der Waals surface area contributed by atoms with Crippen LogP contribution in [0.1, 0.15) is 55.8 Å². The molecule has 2 aromatic rings. The molecule has 12 heteroatoms. The van der Waals surface area contributed by atoms with Crippen LogP contribution < -0.4 is 5.32 Å². The predicted octanol–water partition coefficient (Wildman–Crippen LogP) is 4.49. The molecule has 3 aliphatic heterocycles. The van der Waals surface area contributed by atoms with Gasteiger partial charge < -0.3 is 34.4 Å². The zero-order valence-corrected chi connectivity index (χ0v) is 31.3. The molecule has 3 saturated heterocycles. The third-order valence-electron chi connectivity index (χ3n) is 10.2. The summed E-state index contributed by atoms with van der Waals surface area (Å²) in [6.07, 6.45) is 4.48. The van der Waals surface area contributed by atoms with E-state index in [-0.39, 0.29) is 55.3 Å². The molecule has 280 valence electrons. The molecule has 5 rings (SSSR count). The third-order valence-corrected chi connectivity index (χ3v) is 11.1. The van der Waals surface area contributed by atoms with E-state index in [1.54, 1.807) is 22.0 Å². The second kappa shape index (κ2) is 18.3. The molecule has 0 aromatic heterocycles. The first-order valence-corrected chi connectivity index (χ1v) is 18.9. The fourth-order valence-corrected chi connectivity index (χ4v) is 8.92. The Morgan fingerprint density at radius 2 is 1.81 bits per heavy atom. The number of carbonyl (C=O) groups is 4. The summed E-state index contributed by atoms with van der Waals surface area (Å²) in [7, 11) is 1.51. The van der Waals surface area contributed by atoms with Crippen LogP contribution in [0, 0.1) is 11.8 Å². The number of nitrogens with zero attached hydrogens (tertiary/aromatic N) is 2. The Morgan fingerprint density at radius 3 is 2.46 bits per heavy atom. The molecule has 1 unspecified atom stereocenters. The summed E-state index contributed by atoms with van der Waals surface area (Å²) in [5, 5.41) is 12.4. The topological polar surface area (TPSA) is 135 Å². The van der Waals surface area contributed by atoms with Crippen molar-refractivity contribution in [1.29, 1.82) is 0 Å². The second-order valence-electron chi connectivity index (χ2n) is 13.7. The van der Waals surface area contributed by atoms with Crippen LogP contribution in [-0.2, 0) is 39.9 Å². The highest BCUT2D eigenvalue weighted by molar-refractivity contribution is 9.09. The number of esters is 1. The van der Waals surface area contributed by atoms with Crippen molar-refractivity contribution in [3.05, 3.63) is 97.1 Å². The number of ether oxygens (including phenoxy) is 3. The molecule has 3 fully saturated rings. The van der Waals surface area contributed by atoms with E-state index in [1.165, 1.54) is 7.11 Å². The lowest BCUT2D eigenvalue weighted by Gasteiger charge is -2.37. The minimum absolute atomic E-state index is 0.0262. The van der Waals surface area contributed by atoms with Gasteiger partial charge in [-0.3, -0.25) is 19.2 Å². The van der Waals surface area contributed by atoms with Gasteiger partial charge in [-0.25, -0.2) is 0 Å².